The molecular weight excluding hydrogens is 404 g/mol. The molecule has 0 amide bonds. The maximum atomic E-state index is 10.9. The zero-order valence-electron chi connectivity index (χ0n) is 17.6. The van der Waals surface area contributed by atoms with Crippen LogP contribution in [0.5, 0.6) is 11.5 Å². The van der Waals surface area contributed by atoms with Crippen molar-refractivity contribution in [3.05, 3.63) is 63.2 Å². The van der Waals surface area contributed by atoms with Gasteiger partial charge in [-0.3, -0.25) is 4.79 Å². The molecule has 1 aliphatic rings. The summed E-state index contributed by atoms with van der Waals surface area (Å²) in [5, 5.41) is 9.51. The molecule has 0 radical (unpaired) electrons. The highest BCUT2D eigenvalue weighted by Crippen LogP contribution is 2.33. The summed E-state index contributed by atoms with van der Waals surface area (Å²) in [5.74, 6) is 0.664. The second-order valence-corrected chi connectivity index (χ2v) is 7.80. The largest absolute Gasteiger partial charge is 0.495 e. The summed E-state index contributed by atoms with van der Waals surface area (Å²) in [7, 11) is 1.61. The minimum absolute atomic E-state index is 0.124. The van der Waals surface area contributed by atoms with Crippen molar-refractivity contribution in [2.24, 2.45) is 0 Å². The van der Waals surface area contributed by atoms with Gasteiger partial charge in [0, 0.05) is 6.42 Å². The fourth-order valence-corrected chi connectivity index (χ4v) is 3.84. The molecule has 0 unspecified atom stereocenters. The lowest BCUT2D eigenvalue weighted by Gasteiger charge is -2.23. The van der Waals surface area contributed by atoms with Crippen LogP contribution in [-0.2, 0) is 16.0 Å². The molecule has 0 atom stereocenters. The van der Waals surface area contributed by atoms with Gasteiger partial charge in [-0.05, 0) is 78.3 Å². The minimum Gasteiger partial charge on any atom is -0.495 e. The summed E-state index contributed by atoms with van der Waals surface area (Å²) < 4.78 is 17.2. The summed E-state index contributed by atoms with van der Waals surface area (Å²) >= 11 is 6.17. The molecule has 1 heterocycles. The smallest absolute Gasteiger partial charge is 0.303 e. The number of halogens is 1. The number of carboxylic acid groups (broad SMARTS) is 1. The Balaban J connectivity index is 1.80. The molecule has 0 aromatic heterocycles. The maximum Gasteiger partial charge on any atom is 0.303 e. The lowest BCUT2D eigenvalue weighted by Crippen LogP contribution is -2.16. The Morgan fingerprint density at radius 1 is 1.17 bits per heavy atom. The molecule has 3 rings (SSSR count). The number of hydrogen-bond acceptors (Lipinski definition) is 4. The van der Waals surface area contributed by atoms with E-state index in [1.807, 2.05) is 44.2 Å². The van der Waals surface area contributed by atoms with Gasteiger partial charge >= 0.3 is 5.97 Å². The number of aryl methyl sites for hydroxylation is 1. The van der Waals surface area contributed by atoms with Crippen molar-refractivity contribution in [2.75, 3.05) is 26.9 Å². The summed E-state index contributed by atoms with van der Waals surface area (Å²) in [6.07, 6.45) is 1.44. The second-order valence-electron chi connectivity index (χ2n) is 7.39. The predicted molar refractivity (Wildman–Crippen MR) is 118 cm³/mol. The van der Waals surface area contributed by atoms with Gasteiger partial charge in [0.15, 0.2) is 0 Å². The lowest BCUT2D eigenvalue weighted by molar-refractivity contribution is -0.136. The molecule has 0 aliphatic carbocycles. The van der Waals surface area contributed by atoms with Crippen LogP contribution in [0.1, 0.15) is 35.1 Å². The first-order chi connectivity index (χ1) is 14.4. The molecule has 30 heavy (non-hydrogen) atoms. The van der Waals surface area contributed by atoms with Gasteiger partial charge in [-0.25, -0.2) is 0 Å². The van der Waals surface area contributed by atoms with Crippen molar-refractivity contribution in [1.82, 2.24) is 0 Å². The van der Waals surface area contributed by atoms with Gasteiger partial charge in [0.2, 0.25) is 0 Å². The van der Waals surface area contributed by atoms with Gasteiger partial charge < -0.3 is 19.3 Å². The molecule has 0 fully saturated rings. The fourth-order valence-electron chi connectivity index (χ4n) is 3.64. The first-order valence-electron chi connectivity index (χ1n) is 9.97. The zero-order chi connectivity index (χ0) is 21.7. The SMILES string of the molecule is COc1cc(C2=C(COc3ccc(CCC(=O)O)c(C)c3C)COCC2)ccc1Cl. The van der Waals surface area contributed by atoms with Crippen LogP contribution >= 0.6 is 11.6 Å². The van der Waals surface area contributed by atoms with Crippen molar-refractivity contribution in [3.63, 3.8) is 0 Å². The van der Waals surface area contributed by atoms with E-state index in [0.29, 0.717) is 37.0 Å². The Morgan fingerprint density at radius 3 is 2.70 bits per heavy atom. The molecule has 0 saturated carbocycles. The number of methoxy groups -OCH3 is 1. The predicted octanol–water partition coefficient (Wildman–Crippen LogP) is 5.24. The third-order valence-corrected chi connectivity index (χ3v) is 5.87. The van der Waals surface area contributed by atoms with E-state index < -0.39 is 5.97 Å². The van der Waals surface area contributed by atoms with Crippen molar-refractivity contribution in [1.29, 1.82) is 0 Å². The highest BCUT2D eigenvalue weighted by molar-refractivity contribution is 6.32. The highest BCUT2D eigenvalue weighted by atomic mass is 35.5. The van der Waals surface area contributed by atoms with Crippen LogP contribution in [0, 0.1) is 13.8 Å². The molecule has 2 aromatic rings. The Bertz CT molecular complexity index is 964. The zero-order valence-corrected chi connectivity index (χ0v) is 18.3. The van der Waals surface area contributed by atoms with Gasteiger partial charge in [-0.1, -0.05) is 23.7 Å². The van der Waals surface area contributed by atoms with E-state index in [1.54, 1.807) is 7.11 Å². The van der Waals surface area contributed by atoms with Gasteiger partial charge in [0.05, 0.1) is 25.3 Å². The molecule has 0 spiro atoms. The second kappa shape index (κ2) is 10.0. The van der Waals surface area contributed by atoms with Gasteiger partial charge in [-0.2, -0.15) is 0 Å². The van der Waals surface area contributed by atoms with Crippen molar-refractivity contribution < 1.29 is 24.1 Å². The van der Waals surface area contributed by atoms with E-state index in [2.05, 4.69) is 0 Å². The summed E-state index contributed by atoms with van der Waals surface area (Å²) in [6.45, 7) is 5.63. The first kappa shape index (κ1) is 22.2. The van der Waals surface area contributed by atoms with Gasteiger partial charge in [0.1, 0.15) is 18.1 Å². The molecule has 0 saturated heterocycles. The average molecular weight is 431 g/mol. The number of benzene rings is 2. The number of aliphatic carboxylic acids is 1. The van der Waals surface area contributed by atoms with E-state index >= 15 is 0 Å². The van der Waals surface area contributed by atoms with Crippen LogP contribution in [-0.4, -0.2) is 38.0 Å². The van der Waals surface area contributed by atoms with Crippen LogP contribution in [0.2, 0.25) is 5.02 Å². The number of hydrogen-bond donors (Lipinski definition) is 1. The number of rotatable bonds is 8. The van der Waals surface area contributed by atoms with E-state index in [1.165, 1.54) is 5.57 Å². The number of ether oxygens (including phenoxy) is 3. The average Bonchev–Trinajstić information content (AvgIpc) is 2.74. The Morgan fingerprint density at radius 2 is 1.97 bits per heavy atom. The first-order valence-corrected chi connectivity index (χ1v) is 10.3. The van der Waals surface area contributed by atoms with E-state index in [9.17, 15) is 4.79 Å². The monoisotopic (exact) mass is 430 g/mol. The van der Waals surface area contributed by atoms with Crippen LogP contribution in [0.3, 0.4) is 0 Å². The van der Waals surface area contributed by atoms with E-state index in [0.717, 1.165) is 40.0 Å². The molecule has 2 aromatic carbocycles. The van der Waals surface area contributed by atoms with E-state index in [4.69, 9.17) is 30.9 Å². The highest BCUT2D eigenvalue weighted by Gasteiger charge is 2.18. The molecule has 0 bridgehead atoms. The standard InChI is InChI=1S/C24H27ClO5/c1-15-16(2)22(8-5-17(15)6-9-24(26)27)30-14-19-13-29-11-10-20(19)18-4-7-21(25)23(12-18)28-3/h4-5,7-8,12H,6,9-11,13-14H2,1-3H3,(H,26,27). The summed E-state index contributed by atoms with van der Waals surface area (Å²) in [6, 6.07) is 9.68. The topological polar surface area (TPSA) is 65.0 Å². The number of carboxylic acids is 1. The van der Waals surface area contributed by atoms with Crippen LogP contribution in [0.15, 0.2) is 35.9 Å². The molecule has 6 heteroatoms. The lowest BCUT2D eigenvalue weighted by atomic mass is 9.96. The molecular formula is C24H27ClO5. The maximum absolute atomic E-state index is 10.9. The molecule has 160 valence electrons. The van der Waals surface area contributed by atoms with Gasteiger partial charge in [-0.15, -0.1) is 0 Å². The molecule has 1 N–H and O–H groups in total. The van der Waals surface area contributed by atoms with Crippen LogP contribution in [0.4, 0.5) is 0 Å². The quantitative estimate of drug-likeness (QED) is 0.620. The Labute approximate surface area is 182 Å². The van der Waals surface area contributed by atoms with Gasteiger partial charge in [0.25, 0.3) is 0 Å². The Hall–Kier alpha value is -2.50. The third-order valence-electron chi connectivity index (χ3n) is 5.56. The minimum atomic E-state index is -0.789. The van der Waals surface area contributed by atoms with Crippen molar-refractivity contribution >= 4 is 23.1 Å². The summed E-state index contributed by atoms with van der Waals surface area (Å²) in [4.78, 5) is 10.9. The number of carbonyl (C=O) groups is 1. The van der Waals surface area contributed by atoms with E-state index in [-0.39, 0.29) is 6.42 Å². The van der Waals surface area contributed by atoms with Crippen molar-refractivity contribution in [3.8, 4) is 11.5 Å². The van der Waals surface area contributed by atoms with Crippen LogP contribution in [0.25, 0.3) is 5.57 Å². The molecule has 5 nitrogen and oxygen atoms in total. The fraction of sp³-hybridized carbons (Fsp3) is 0.375. The van der Waals surface area contributed by atoms with Crippen LogP contribution < -0.4 is 9.47 Å². The Kier molecular flexibility index (Phi) is 7.40. The normalized spacial score (nSPS) is 14.0. The summed E-state index contributed by atoms with van der Waals surface area (Å²) in [5.41, 5.74) is 6.50. The third kappa shape index (κ3) is 5.15. The van der Waals surface area contributed by atoms with Crippen molar-refractivity contribution in [2.45, 2.75) is 33.1 Å². The molecule has 1 aliphatic heterocycles.